The molecule has 0 aliphatic carbocycles. The average molecular weight is 279 g/mol. The van der Waals surface area contributed by atoms with E-state index >= 15 is 0 Å². The Morgan fingerprint density at radius 2 is 2.21 bits per heavy atom. The Labute approximate surface area is 113 Å². The molecule has 3 N–H and O–H groups in total. The maximum Gasteiger partial charge on any atom is 0.328 e. The summed E-state index contributed by atoms with van der Waals surface area (Å²) in [6, 6.07) is 4.36. The van der Waals surface area contributed by atoms with Gasteiger partial charge in [-0.3, -0.25) is 4.79 Å². The summed E-state index contributed by atoms with van der Waals surface area (Å²) in [7, 11) is 1.27. The van der Waals surface area contributed by atoms with E-state index in [0.29, 0.717) is 10.7 Å². The van der Waals surface area contributed by atoms with Crippen LogP contribution < -0.4 is 11.1 Å². The lowest BCUT2D eigenvalue weighted by Crippen LogP contribution is -2.39. The third-order valence-electron chi connectivity index (χ3n) is 2.57. The summed E-state index contributed by atoms with van der Waals surface area (Å²) < 4.78 is 5.37. The minimum atomic E-state index is -0.695. The zero-order chi connectivity index (χ0) is 14.0. The second kappa shape index (κ2) is 5.23. The van der Waals surface area contributed by atoms with Crippen molar-refractivity contribution in [3.8, 4) is 0 Å². The van der Waals surface area contributed by atoms with Crippen LogP contribution in [0.4, 0.5) is 5.13 Å². The standard InChI is InChI=1S/C12H13N3O3S/c1-6(11(17)18-2)14-10(16)7-3-4-8-9(5-7)19-12(13)15-8/h3-6H,1-2H3,(H2,13,15)(H,14,16)/t6-/m0/s1. The smallest absolute Gasteiger partial charge is 0.328 e. The van der Waals surface area contributed by atoms with Gasteiger partial charge in [-0.05, 0) is 25.1 Å². The molecule has 0 bridgehead atoms. The van der Waals surface area contributed by atoms with E-state index in [4.69, 9.17) is 5.73 Å². The quantitative estimate of drug-likeness (QED) is 0.822. The van der Waals surface area contributed by atoms with Gasteiger partial charge in [0.25, 0.3) is 5.91 Å². The number of carbonyl (C=O) groups is 2. The Bertz CT molecular complexity index is 638. The number of hydrogen-bond donors (Lipinski definition) is 2. The molecular weight excluding hydrogens is 266 g/mol. The molecular formula is C12H13N3O3S. The van der Waals surface area contributed by atoms with Crippen LogP contribution in [0.5, 0.6) is 0 Å². The van der Waals surface area contributed by atoms with E-state index in [9.17, 15) is 9.59 Å². The van der Waals surface area contributed by atoms with Crippen molar-refractivity contribution in [2.24, 2.45) is 0 Å². The number of aromatic nitrogens is 1. The number of nitrogen functional groups attached to an aromatic ring is 1. The minimum Gasteiger partial charge on any atom is -0.467 e. The van der Waals surface area contributed by atoms with Crippen LogP contribution in [0, 0.1) is 0 Å². The summed E-state index contributed by atoms with van der Waals surface area (Å²) >= 11 is 1.31. The summed E-state index contributed by atoms with van der Waals surface area (Å²) in [5.74, 6) is -0.830. The number of thiazole rings is 1. The predicted molar refractivity (Wildman–Crippen MR) is 73.0 cm³/mol. The number of rotatable bonds is 3. The van der Waals surface area contributed by atoms with E-state index in [0.717, 1.165) is 10.2 Å². The fourth-order valence-corrected chi connectivity index (χ4v) is 2.37. The molecule has 7 heteroatoms. The Morgan fingerprint density at radius 3 is 2.89 bits per heavy atom. The van der Waals surface area contributed by atoms with E-state index < -0.39 is 12.0 Å². The Morgan fingerprint density at radius 1 is 1.47 bits per heavy atom. The van der Waals surface area contributed by atoms with Crippen LogP contribution in [0.15, 0.2) is 18.2 Å². The average Bonchev–Trinajstić information content (AvgIpc) is 2.76. The fraction of sp³-hybridized carbons (Fsp3) is 0.250. The number of nitrogens with two attached hydrogens (primary N) is 1. The SMILES string of the molecule is COC(=O)[C@H](C)NC(=O)c1ccc2nc(N)sc2c1. The second-order valence-corrected chi connectivity index (χ2v) is 5.02. The molecule has 0 saturated heterocycles. The molecule has 2 aromatic rings. The number of amides is 1. The van der Waals surface area contributed by atoms with Gasteiger partial charge >= 0.3 is 5.97 Å². The molecule has 0 spiro atoms. The van der Waals surface area contributed by atoms with Crippen molar-refractivity contribution in [2.75, 3.05) is 12.8 Å². The first-order valence-electron chi connectivity index (χ1n) is 5.56. The van der Waals surface area contributed by atoms with Crippen LogP contribution in [-0.2, 0) is 9.53 Å². The molecule has 0 unspecified atom stereocenters. The molecule has 0 aliphatic rings. The molecule has 1 amide bonds. The normalized spacial score (nSPS) is 12.1. The molecule has 0 fully saturated rings. The minimum absolute atomic E-state index is 0.341. The Hall–Kier alpha value is -2.15. The van der Waals surface area contributed by atoms with E-state index in [2.05, 4.69) is 15.0 Å². The van der Waals surface area contributed by atoms with Crippen molar-refractivity contribution >= 4 is 38.6 Å². The van der Waals surface area contributed by atoms with Crippen LogP contribution in [0.25, 0.3) is 10.2 Å². The van der Waals surface area contributed by atoms with Crippen LogP contribution in [0.1, 0.15) is 17.3 Å². The number of fused-ring (bicyclic) bond motifs is 1. The van der Waals surface area contributed by atoms with Crippen molar-refractivity contribution in [2.45, 2.75) is 13.0 Å². The van der Waals surface area contributed by atoms with E-state index in [1.54, 1.807) is 25.1 Å². The topological polar surface area (TPSA) is 94.3 Å². The summed E-state index contributed by atoms with van der Waals surface area (Å²) in [6.07, 6.45) is 0. The largest absolute Gasteiger partial charge is 0.467 e. The number of benzene rings is 1. The maximum absolute atomic E-state index is 12.0. The Balaban J connectivity index is 2.19. The van der Waals surface area contributed by atoms with Crippen LogP contribution >= 0.6 is 11.3 Å². The van der Waals surface area contributed by atoms with E-state index in [1.165, 1.54) is 18.4 Å². The van der Waals surface area contributed by atoms with Crippen molar-refractivity contribution in [3.63, 3.8) is 0 Å². The zero-order valence-electron chi connectivity index (χ0n) is 10.5. The molecule has 1 heterocycles. The lowest BCUT2D eigenvalue weighted by Gasteiger charge is -2.11. The Kier molecular flexibility index (Phi) is 3.66. The maximum atomic E-state index is 12.0. The fourth-order valence-electron chi connectivity index (χ4n) is 1.60. The van der Waals surface area contributed by atoms with Gasteiger partial charge in [-0.1, -0.05) is 11.3 Å². The summed E-state index contributed by atoms with van der Waals surface area (Å²) in [4.78, 5) is 27.3. The first kappa shape index (κ1) is 13.3. The highest BCUT2D eigenvalue weighted by atomic mass is 32.1. The van der Waals surface area contributed by atoms with Gasteiger partial charge in [-0.15, -0.1) is 0 Å². The third kappa shape index (κ3) is 2.82. The molecule has 0 aliphatic heterocycles. The number of hydrogen-bond acceptors (Lipinski definition) is 6. The van der Waals surface area contributed by atoms with Crippen molar-refractivity contribution in [1.82, 2.24) is 10.3 Å². The molecule has 1 aromatic heterocycles. The highest BCUT2D eigenvalue weighted by Gasteiger charge is 2.17. The zero-order valence-corrected chi connectivity index (χ0v) is 11.3. The van der Waals surface area contributed by atoms with Gasteiger partial charge in [-0.2, -0.15) is 0 Å². The molecule has 1 aromatic carbocycles. The molecule has 6 nitrogen and oxygen atoms in total. The van der Waals surface area contributed by atoms with Gasteiger partial charge in [-0.25, -0.2) is 9.78 Å². The number of ether oxygens (including phenoxy) is 1. The molecule has 1 atom stereocenters. The van der Waals surface area contributed by atoms with E-state index in [1.807, 2.05) is 0 Å². The molecule has 19 heavy (non-hydrogen) atoms. The van der Waals surface area contributed by atoms with Crippen molar-refractivity contribution in [1.29, 1.82) is 0 Å². The third-order valence-corrected chi connectivity index (χ3v) is 3.42. The summed E-state index contributed by atoms with van der Waals surface area (Å²) in [6.45, 7) is 1.56. The first-order valence-corrected chi connectivity index (χ1v) is 6.37. The second-order valence-electron chi connectivity index (χ2n) is 3.95. The number of esters is 1. The molecule has 0 saturated carbocycles. The van der Waals surface area contributed by atoms with Gasteiger partial charge in [0, 0.05) is 5.56 Å². The van der Waals surface area contributed by atoms with Crippen molar-refractivity contribution < 1.29 is 14.3 Å². The summed E-state index contributed by atoms with van der Waals surface area (Å²) in [5.41, 5.74) is 6.80. The van der Waals surface area contributed by atoms with Crippen LogP contribution in [0.3, 0.4) is 0 Å². The van der Waals surface area contributed by atoms with Crippen LogP contribution in [0.2, 0.25) is 0 Å². The molecule has 2 rings (SSSR count). The van der Waals surface area contributed by atoms with Gasteiger partial charge in [0.15, 0.2) is 5.13 Å². The van der Waals surface area contributed by atoms with Gasteiger partial charge in [0.1, 0.15) is 6.04 Å². The number of anilines is 1. The highest BCUT2D eigenvalue weighted by molar-refractivity contribution is 7.22. The summed E-state index contributed by atoms with van der Waals surface area (Å²) in [5, 5.41) is 3.01. The number of nitrogens with one attached hydrogen (secondary N) is 1. The van der Waals surface area contributed by atoms with Crippen LogP contribution in [-0.4, -0.2) is 30.0 Å². The van der Waals surface area contributed by atoms with Crippen molar-refractivity contribution in [3.05, 3.63) is 23.8 Å². The van der Waals surface area contributed by atoms with Gasteiger partial charge < -0.3 is 15.8 Å². The number of methoxy groups -OCH3 is 1. The molecule has 100 valence electrons. The lowest BCUT2D eigenvalue weighted by molar-refractivity contribution is -0.142. The molecule has 0 radical (unpaired) electrons. The van der Waals surface area contributed by atoms with Gasteiger partial charge in [0.05, 0.1) is 17.3 Å². The predicted octanol–water partition coefficient (Wildman–Crippen LogP) is 1.17. The number of nitrogens with zero attached hydrogens (tertiary/aromatic N) is 1. The van der Waals surface area contributed by atoms with Gasteiger partial charge in [0.2, 0.25) is 0 Å². The first-order chi connectivity index (χ1) is 9.01. The lowest BCUT2D eigenvalue weighted by atomic mass is 10.2. The monoisotopic (exact) mass is 279 g/mol. The highest BCUT2D eigenvalue weighted by Crippen LogP contribution is 2.24. The van der Waals surface area contributed by atoms with E-state index in [-0.39, 0.29) is 5.91 Å². The number of carbonyl (C=O) groups excluding carboxylic acids is 2.